The lowest BCUT2D eigenvalue weighted by Gasteiger charge is -1.89. The van der Waals surface area contributed by atoms with Crippen molar-refractivity contribution in [1.29, 1.82) is 0 Å². The van der Waals surface area contributed by atoms with Gasteiger partial charge in [-0.1, -0.05) is 5.16 Å². The number of aromatic amines is 1. The monoisotopic (exact) mass is 253 g/mol. The SMILES string of the molecule is c1cncc(-c2noc(-c3cc(C4CC4)[nH]n3)n2)c1. The van der Waals surface area contributed by atoms with E-state index in [1.807, 2.05) is 18.2 Å². The van der Waals surface area contributed by atoms with Gasteiger partial charge in [-0.3, -0.25) is 10.1 Å². The molecule has 1 saturated carbocycles. The molecular formula is C13H11N5O. The summed E-state index contributed by atoms with van der Waals surface area (Å²) < 4.78 is 5.25. The lowest BCUT2D eigenvalue weighted by atomic mass is 10.2. The van der Waals surface area contributed by atoms with Crippen LogP contribution in [0.25, 0.3) is 23.0 Å². The normalized spacial score (nSPS) is 14.7. The molecule has 94 valence electrons. The Kier molecular flexibility index (Phi) is 2.20. The first kappa shape index (κ1) is 10.4. The lowest BCUT2D eigenvalue weighted by molar-refractivity contribution is 0.431. The number of nitrogens with zero attached hydrogens (tertiary/aromatic N) is 4. The van der Waals surface area contributed by atoms with Gasteiger partial charge in [0, 0.05) is 29.6 Å². The molecule has 1 aliphatic carbocycles. The summed E-state index contributed by atoms with van der Waals surface area (Å²) in [5.41, 5.74) is 2.68. The van der Waals surface area contributed by atoms with Crippen molar-refractivity contribution in [2.75, 3.05) is 0 Å². The van der Waals surface area contributed by atoms with E-state index in [-0.39, 0.29) is 0 Å². The molecule has 0 radical (unpaired) electrons. The molecule has 0 aliphatic heterocycles. The molecule has 6 nitrogen and oxygen atoms in total. The van der Waals surface area contributed by atoms with E-state index in [2.05, 4.69) is 25.3 Å². The van der Waals surface area contributed by atoms with Crippen LogP contribution in [-0.2, 0) is 0 Å². The number of hydrogen-bond acceptors (Lipinski definition) is 5. The minimum Gasteiger partial charge on any atom is -0.332 e. The van der Waals surface area contributed by atoms with Gasteiger partial charge in [0.25, 0.3) is 5.89 Å². The lowest BCUT2D eigenvalue weighted by Crippen LogP contribution is -1.82. The van der Waals surface area contributed by atoms with Gasteiger partial charge in [-0.2, -0.15) is 10.1 Å². The molecule has 0 unspecified atom stereocenters. The van der Waals surface area contributed by atoms with Gasteiger partial charge in [0.05, 0.1) is 0 Å². The van der Waals surface area contributed by atoms with E-state index in [4.69, 9.17) is 4.52 Å². The van der Waals surface area contributed by atoms with Gasteiger partial charge >= 0.3 is 0 Å². The smallest absolute Gasteiger partial charge is 0.278 e. The molecule has 1 N–H and O–H groups in total. The molecule has 0 saturated heterocycles. The van der Waals surface area contributed by atoms with E-state index < -0.39 is 0 Å². The number of nitrogens with one attached hydrogen (secondary N) is 1. The van der Waals surface area contributed by atoms with Crippen LogP contribution in [0.15, 0.2) is 35.1 Å². The highest BCUT2D eigenvalue weighted by Crippen LogP contribution is 2.39. The minimum absolute atomic E-state index is 0.432. The van der Waals surface area contributed by atoms with Gasteiger partial charge in [-0.05, 0) is 31.0 Å². The first-order chi connectivity index (χ1) is 9.40. The summed E-state index contributed by atoms with van der Waals surface area (Å²) in [5.74, 6) is 1.59. The second-order valence-corrected chi connectivity index (χ2v) is 4.65. The summed E-state index contributed by atoms with van der Waals surface area (Å²) in [6, 6.07) is 5.71. The van der Waals surface area contributed by atoms with E-state index in [1.54, 1.807) is 12.4 Å². The zero-order chi connectivity index (χ0) is 12.7. The average Bonchev–Trinajstić information content (AvgIpc) is 3.01. The summed E-state index contributed by atoms with van der Waals surface area (Å²) in [5, 5.41) is 11.2. The fourth-order valence-electron chi connectivity index (χ4n) is 1.99. The van der Waals surface area contributed by atoms with Crippen molar-refractivity contribution in [1.82, 2.24) is 25.3 Å². The highest BCUT2D eigenvalue weighted by atomic mass is 16.5. The van der Waals surface area contributed by atoms with Crippen molar-refractivity contribution >= 4 is 0 Å². The van der Waals surface area contributed by atoms with Crippen LogP contribution in [0.3, 0.4) is 0 Å². The Morgan fingerprint density at radius 1 is 1.32 bits per heavy atom. The van der Waals surface area contributed by atoms with Gasteiger partial charge in [0.15, 0.2) is 5.69 Å². The summed E-state index contributed by atoms with van der Waals surface area (Å²) >= 11 is 0. The molecular weight excluding hydrogens is 242 g/mol. The Morgan fingerprint density at radius 3 is 3.05 bits per heavy atom. The Bertz CT molecular complexity index is 699. The van der Waals surface area contributed by atoms with Crippen LogP contribution in [0.4, 0.5) is 0 Å². The highest BCUT2D eigenvalue weighted by Gasteiger charge is 2.26. The maximum absolute atomic E-state index is 5.25. The number of aromatic nitrogens is 5. The first-order valence-electron chi connectivity index (χ1n) is 6.20. The summed E-state index contributed by atoms with van der Waals surface area (Å²) in [4.78, 5) is 8.38. The van der Waals surface area contributed by atoms with E-state index in [9.17, 15) is 0 Å². The van der Waals surface area contributed by atoms with Gasteiger partial charge in [-0.25, -0.2) is 0 Å². The molecule has 3 aromatic rings. The fraction of sp³-hybridized carbons (Fsp3) is 0.231. The van der Waals surface area contributed by atoms with Gasteiger partial charge in [0.2, 0.25) is 5.82 Å². The molecule has 0 aromatic carbocycles. The standard InChI is InChI=1S/C13H11N5O/c1-2-9(7-14-5-1)12-15-13(19-18-12)11-6-10(16-17-11)8-3-4-8/h1-2,5-8H,3-4H2,(H,16,17). The molecule has 4 rings (SSSR count). The number of rotatable bonds is 3. The topological polar surface area (TPSA) is 80.5 Å². The fourth-order valence-corrected chi connectivity index (χ4v) is 1.99. The largest absolute Gasteiger partial charge is 0.332 e. The highest BCUT2D eigenvalue weighted by molar-refractivity contribution is 5.56. The molecule has 1 aliphatic rings. The van der Waals surface area contributed by atoms with Crippen LogP contribution in [0, 0.1) is 0 Å². The molecule has 19 heavy (non-hydrogen) atoms. The van der Waals surface area contributed by atoms with E-state index >= 15 is 0 Å². The molecule has 3 aromatic heterocycles. The van der Waals surface area contributed by atoms with Crippen LogP contribution >= 0.6 is 0 Å². The Morgan fingerprint density at radius 2 is 2.26 bits per heavy atom. The maximum atomic E-state index is 5.25. The number of hydrogen-bond donors (Lipinski definition) is 1. The quantitative estimate of drug-likeness (QED) is 0.775. The van der Waals surface area contributed by atoms with Crippen molar-refractivity contribution in [3.63, 3.8) is 0 Å². The van der Waals surface area contributed by atoms with E-state index in [1.165, 1.54) is 12.8 Å². The van der Waals surface area contributed by atoms with Crippen molar-refractivity contribution in [3.8, 4) is 23.0 Å². The zero-order valence-electron chi connectivity index (χ0n) is 10.1. The van der Waals surface area contributed by atoms with Crippen LogP contribution in [0.2, 0.25) is 0 Å². The zero-order valence-corrected chi connectivity index (χ0v) is 10.1. The van der Waals surface area contributed by atoms with Crippen molar-refractivity contribution < 1.29 is 4.52 Å². The molecule has 3 heterocycles. The van der Waals surface area contributed by atoms with Gasteiger partial charge in [-0.15, -0.1) is 0 Å². The molecule has 0 bridgehead atoms. The van der Waals surface area contributed by atoms with Crippen LogP contribution in [0.1, 0.15) is 24.5 Å². The van der Waals surface area contributed by atoms with Gasteiger partial charge < -0.3 is 4.52 Å². The third-order valence-electron chi connectivity index (χ3n) is 3.18. The summed E-state index contributed by atoms with van der Waals surface area (Å²) in [6.45, 7) is 0. The van der Waals surface area contributed by atoms with E-state index in [0.29, 0.717) is 23.3 Å². The van der Waals surface area contributed by atoms with Crippen LogP contribution in [0.5, 0.6) is 0 Å². The summed E-state index contributed by atoms with van der Waals surface area (Å²) in [7, 11) is 0. The predicted molar refractivity (Wildman–Crippen MR) is 67.1 cm³/mol. The maximum Gasteiger partial charge on any atom is 0.278 e. The second kappa shape index (κ2) is 4.01. The van der Waals surface area contributed by atoms with Crippen LogP contribution < -0.4 is 0 Å². The molecule has 1 fully saturated rings. The average molecular weight is 253 g/mol. The predicted octanol–water partition coefficient (Wildman–Crippen LogP) is 2.40. The second-order valence-electron chi connectivity index (χ2n) is 4.65. The molecule has 0 spiro atoms. The van der Waals surface area contributed by atoms with Crippen LogP contribution in [-0.4, -0.2) is 25.3 Å². The number of H-pyrrole nitrogens is 1. The summed E-state index contributed by atoms with van der Waals surface area (Å²) in [6.07, 6.45) is 5.87. The Labute approximate surface area is 108 Å². The Hall–Kier alpha value is -2.50. The molecule has 6 heteroatoms. The minimum atomic E-state index is 0.432. The Balaban J connectivity index is 1.66. The van der Waals surface area contributed by atoms with Gasteiger partial charge in [0.1, 0.15) is 0 Å². The third-order valence-corrected chi connectivity index (χ3v) is 3.18. The molecule has 0 amide bonds. The first-order valence-corrected chi connectivity index (χ1v) is 6.20. The van der Waals surface area contributed by atoms with E-state index in [0.717, 1.165) is 11.3 Å². The van der Waals surface area contributed by atoms with Crippen molar-refractivity contribution in [2.45, 2.75) is 18.8 Å². The number of pyridine rings is 1. The van der Waals surface area contributed by atoms with Crippen molar-refractivity contribution in [2.24, 2.45) is 0 Å². The third kappa shape index (κ3) is 1.91. The van der Waals surface area contributed by atoms with Crippen molar-refractivity contribution in [3.05, 3.63) is 36.3 Å². The molecule has 0 atom stereocenters.